The lowest BCUT2D eigenvalue weighted by atomic mass is 9.96. The fourth-order valence-electron chi connectivity index (χ4n) is 2.72. The van der Waals surface area contributed by atoms with Crippen molar-refractivity contribution in [2.75, 3.05) is 6.54 Å². The summed E-state index contributed by atoms with van der Waals surface area (Å²) in [5.74, 6) is 0. The highest BCUT2D eigenvalue weighted by Gasteiger charge is 2.19. The Kier molecular flexibility index (Phi) is 5.38. The molecular formula is C18H25NS. The van der Waals surface area contributed by atoms with Gasteiger partial charge >= 0.3 is 0 Å². The van der Waals surface area contributed by atoms with Crippen LogP contribution in [0.25, 0.3) is 0 Å². The minimum Gasteiger partial charge on any atom is -0.306 e. The van der Waals surface area contributed by atoms with Crippen molar-refractivity contribution in [1.82, 2.24) is 5.32 Å². The van der Waals surface area contributed by atoms with Crippen LogP contribution in [0.2, 0.25) is 0 Å². The average molecular weight is 287 g/mol. The van der Waals surface area contributed by atoms with Gasteiger partial charge in [0.25, 0.3) is 0 Å². The van der Waals surface area contributed by atoms with Crippen LogP contribution in [0.4, 0.5) is 0 Å². The Bertz CT molecular complexity index is 556. The zero-order valence-corrected chi connectivity index (χ0v) is 13.8. The van der Waals surface area contributed by atoms with Gasteiger partial charge in [-0.15, -0.1) is 11.3 Å². The van der Waals surface area contributed by atoms with E-state index in [0.29, 0.717) is 6.04 Å². The molecule has 1 nitrogen and oxygen atoms in total. The number of benzene rings is 1. The van der Waals surface area contributed by atoms with Crippen molar-refractivity contribution in [3.8, 4) is 0 Å². The first kappa shape index (κ1) is 15.3. The van der Waals surface area contributed by atoms with E-state index in [-0.39, 0.29) is 0 Å². The summed E-state index contributed by atoms with van der Waals surface area (Å²) in [4.78, 5) is 2.87. The van der Waals surface area contributed by atoms with Crippen molar-refractivity contribution in [2.45, 2.75) is 46.6 Å². The molecule has 1 atom stereocenters. The minimum atomic E-state index is 0.338. The van der Waals surface area contributed by atoms with Crippen LogP contribution in [-0.4, -0.2) is 6.54 Å². The van der Waals surface area contributed by atoms with E-state index < -0.39 is 0 Å². The van der Waals surface area contributed by atoms with Crippen LogP contribution in [0.15, 0.2) is 30.3 Å². The molecule has 0 saturated heterocycles. The zero-order chi connectivity index (χ0) is 14.5. The first-order valence-electron chi connectivity index (χ1n) is 7.55. The molecule has 1 unspecified atom stereocenters. The second-order valence-corrected chi connectivity index (χ2v) is 6.63. The van der Waals surface area contributed by atoms with Crippen LogP contribution in [0.3, 0.4) is 0 Å². The summed E-state index contributed by atoms with van der Waals surface area (Å²) in [6.07, 6.45) is 2.25. The van der Waals surface area contributed by atoms with E-state index in [1.165, 1.54) is 26.4 Å². The van der Waals surface area contributed by atoms with Crippen molar-refractivity contribution in [1.29, 1.82) is 0 Å². The molecule has 20 heavy (non-hydrogen) atoms. The summed E-state index contributed by atoms with van der Waals surface area (Å²) < 4.78 is 0. The summed E-state index contributed by atoms with van der Waals surface area (Å²) in [5.41, 5.74) is 4.30. The lowest BCUT2D eigenvalue weighted by Gasteiger charge is -2.21. The van der Waals surface area contributed by atoms with E-state index in [1.54, 1.807) is 0 Å². The maximum Gasteiger partial charge on any atom is 0.0676 e. The molecule has 1 N–H and O–H groups in total. The maximum atomic E-state index is 3.74. The predicted molar refractivity (Wildman–Crippen MR) is 89.7 cm³/mol. The fourth-order valence-corrected chi connectivity index (χ4v) is 3.85. The lowest BCUT2D eigenvalue weighted by Crippen LogP contribution is -2.24. The molecule has 0 aliphatic carbocycles. The van der Waals surface area contributed by atoms with Crippen molar-refractivity contribution < 1.29 is 0 Å². The zero-order valence-electron chi connectivity index (χ0n) is 13.0. The van der Waals surface area contributed by atoms with Gasteiger partial charge in [-0.25, -0.2) is 0 Å². The summed E-state index contributed by atoms with van der Waals surface area (Å²) in [6, 6.07) is 11.5. The number of aryl methyl sites for hydroxylation is 3. The van der Waals surface area contributed by atoms with Crippen LogP contribution < -0.4 is 5.32 Å². The Hall–Kier alpha value is -1.12. The molecule has 0 radical (unpaired) electrons. The largest absolute Gasteiger partial charge is 0.306 e. The lowest BCUT2D eigenvalue weighted by molar-refractivity contribution is 0.600. The van der Waals surface area contributed by atoms with E-state index in [2.05, 4.69) is 63.3 Å². The van der Waals surface area contributed by atoms with Crippen molar-refractivity contribution in [2.24, 2.45) is 0 Å². The summed E-state index contributed by atoms with van der Waals surface area (Å²) in [6.45, 7) is 9.95. The second-order valence-electron chi connectivity index (χ2n) is 5.34. The second kappa shape index (κ2) is 7.05. The topological polar surface area (TPSA) is 12.0 Å². The van der Waals surface area contributed by atoms with Crippen molar-refractivity contribution >= 4 is 11.3 Å². The van der Waals surface area contributed by atoms with E-state index in [1.807, 2.05) is 11.3 Å². The van der Waals surface area contributed by atoms with Crippen LogP contribution in [0.1, 0.15) is 52.8 Å². The molecule has 2 aromatic rings. The van der Waals surface area contributed by atoms with Gasteiger partial charge in [-0.3, -0.25) is 0 Å². The average Bonchev–Trinajstić information content (AvgIpc) is 2.79. The molecule has 1 aromatic heterocycles. The molecular weight excluding hydrogens is 262 g/mol. The molecule has 2 rings (SSSR count). The highest BCUT2D eigenvalue weighted by molar-refractivity contribution is 7.12. The number of nitrogens with one attached hydrogen (secondary N) is 1. The molecule has 1 aromatic carbocycles. The van der Waals surface area contributed by atoms with Crippen LogP contribution >= 0.6 is 11.3 Å². The summed E-state index contributed by atoms with van der Waals surface area (Å²) in [7, 11) is 0. The number of thiophene rings is 1. The Morgan fingerprint density at radius 2 is 1.90 bits per heavy atom. The highest BCUT2D eigenvalue weighted by Crippen LogP contribution is 2.33. The Morgan fingerprint density at radius 1 is 1.15 bits per heavy atom. The molecule has 0 aliphatic rings. The maximum absolute atomic E-state index is 3.74. The van der Waals surface area contributed by atoms with Gasteiger partial charge in [-0.05, 0) is 56.0 Å². The number of hydrogen-bond acceptors (Lipinski definition) is 2. The third kappa shape index (κ3) is 3.31. The van der Waals surface area contributed by atoms with Gasteiger partial charge in [-0.1, -0.05) is 38.1 Å². The number of rotatable bonds is 6. The minimum absolute atomic E-state index is 0.338. The third-order valence-corrected chi connectivity index (χ3v) is 4.90. The highest BCUT2D eigenvalue weighted by atomic mass is 32.1. The van der Waals surface area contributed by atoms with Gasteiger partial charge in [0.2, 0.25) is 0 Å². The fraction of sp³-hybridized carbons (Fsp3) is 0.444. The molecule has 1 heterocycles. The predicted octanol–water partition coefficient (Wildman–Crippen LogP) is 5.02. The molecule has 0 aliphatic heterocycles. The Morgan fingerprint density at radius 3 is 2.50 bits per heavy atom. The van der Waals surface area contributed by atoms with Gasteiger partial charge in [0.1, 0.15) is 0 Å². The molecule has 0 saturated carbocycles. The third-order valence-electron chi connectivity index (χ3n) is 3.69. The molecule has 0 spiro atoms. The van der Waals surface area contributed by atoms with E-state index in [9.17, 15) is 0 Å². The molecule has 0 amide bonds. The normalized spacial score (nSPS) is 12.6. The molecule has 0 bridgehead atoms. The molecule has 2 heteroatoms. The SMILES string of the molecule is CCCNC(c1ccccc1CC)c1sc(C)cc1C. The molecule has 0 fully saturated rings. The standard InChI is InChI=1S/C18H25NS/c1-5-11-19-17(18-13(3)12-14(4)20-18)16-10-8-7-9-15(16)6-2/h7-10,12,17,19H,5-6,11H2,1-4H3. The monoisotopic (exact) mass is 287 g/mol. The summed E-state index contributed by atoms with van der Waals surface area (Å²) >= 11 is 1.92. The van der Waals surface area contributed by atoms with Gasteiger partial charge in [0.05, 0.1) is 6.04 Å². The van der Waals surface area contributed by atoms with Gasteiger partial charge in [0, 0.05) is 9.75 Å². The van der Waals surface area contributed by atoms with E-state index in [0.717, 1.165) is 19.4 Å². The number of hydrogen-bond donors (Lipinski definition) is 1. The molecule has 108 valence electrons. The van der Waals surface area contributed by atoms with Crippen molar-refractivity contribution in [3.05, 3.63) is 56.8 Å². The van der Waals surface area contributed by atoms with E-state index in [4.69, 9.17) is 0 Å². The summed E-state index contributed by atoms with van der Waals surface area (Å²) in [5, 5.41) is 3.74. The first-order valence-corrected chi connectivity index (χ1v) is 8.37. The van der Waals surface area contributed by atoms with Crippen LogP contribution in [0.5, 0.6) is 0 Å². The Labute approximate surface area is 127 Å². The van der Waals surface area contributed by atoms with Crippen LogP contribution in [-0.2, 0) is 6.42 Å². The smallest absolute Gasteiger partial charge is 0.0676 e. The van der Waals surface area contributed by atoms with Gasteiger partial charge in [0.15, 0.2) is 0 Å². The van der Waals surface area contributed by atoms with Crippen molar-refractivity contribution in [3.63, 3.8) is 0 Å². The quantitative estimate of drug-likeness (QED) is 0.787. The first-order chi connectivity index (χ1) is 9.67. The van der Waals surface area contributed by atoms with Gasteiger partial charge < -0.3 is 5.32 Å². The van der Waals surface area contributed by atoms with E-state index >= 15 is 0 Å². The van der Waals surface area contributed by atoms with Gasteiger partial charge in [-0.2, -0.15) is 0 Å². The van der Waals surface area contributed by atoms with Crippen LogP contribution in [0, 0.1) is 13.8 Å². The Balaban J connectivity index is 2.44.